The lowest BCUT2D eigenvalue weighted by Gasteiger charge is -2.09. The molecule has 0 aliphatic carbocycles. The Kier molecular flexibility index (Phi) is 7.09. The maximum Gasteiger partial charge on any atom is 0.185 e. The van der Waals surface area contributed by atoms with Crippen molar-refractivity contribution in [3.63, 3.8) is 0 Å². The monoisotopic (exact) mass is 396 g/mol. The number of carbonyl (C=O) groups is 1. The zero-order chi connectivity index (χ0) is 21.6. The molecular formula is C23H24O6. The highest BCUT2D eigenvalue weighted by atomic mass is 16.5. The highest BCUT2D eigenvalue weighted by Crippen LogP contribution is 2.32. The van der Waals surface area contributed by atoms with Crippen LogP contribution in [-0.2, 0) is 4.79 Å². The molecule has 0 spiro atoms. The van der Waals surface area contributed by atoms with Crippen LogP contribution in [0.2, 0.25) is 0 Å². The molecule has 0 bridgehead atoms. The number of hydrogen-bond acceptors (Lipinski definition) is 6. The second-order valence-corrected chi connectivity index (χ2v) is 6.30. The van der Waals surface area contributed by atoms with E-state index in [2.05, 4.69) is 0 Å². The van der Waals surface area contributed by atoms with Gasteiger partial charge >= 0.3 is 0 Å². The van der Waals surface area contributed by atoms with E-state index in [0.29, 0.717) is 28.2 Å². The van der Waals surface area contributed by atoms with E-state index in [1.165, 1.54) is 45.4 Å². The number of methoxy groups -OCH3 is 2. The highest BCUT2D eigenvalue weighted by molar-refractivity contribution is 6.06. The summed E-state index contributed by atoms with van der Waals surface area (Å²) in [5.74, 6) is 0.168. The van der Waals surface area contributed by atoms with E-state index in [4.69, 9.17) is 9.47 Å². The molecule has 0 aromatic heterocycles. The third kappa shape index (κ3) is 5.19. The van der Waals surface area contributed by atoms with Gasteiger partial charge in [-0.1, -0.05) is 24.3 Å². The molecule has 2 rings (SSSR count). The molecular weight excluding hydrogens is 372 g/mol. The lowest BCUT2D eigenvalue weighted by Crippen LogP contribution is -1.98. The van der Waals surface area contributed by atoms with E-state index in [9.17, 15) is 20.1 Å². The second-order valence-electron chi connectivity index (χ2n) is 6.30. The van der Waals surface area contributed by atoms with Crippen molar-refractivity contribution < 1.29 is 29.6 Å². The normalized spacial score (nSPS) is 12.3. The van der Waals surface area contributed by atoms with E-state index < -0.39 is 0 Å². The number of benzene rings is 2. The molecule has 2 aromatic rings. The number of carbonyl (C=O) groups excluding carboxylic acids is 1. The first kappa shape index (κ1) is 21.6. The van der Waals surface area contributed by atoms with Crippen LogP contribution >= 0.6 is 0 Å². The van der Waals surface area contributed by atoms with Crippen LogP contribution in [0.25, 0.3) is 12.2 Å². The van der Waals surface area contributed by atoms with Crippen LogP contribution in [0.4, 0.5) is 0 Å². The van der Waals surface area contributed by atoms with Gasteiger partial charge in [-0.25, -0.2) is 0 Å². The van der Waals surface area contributed by atoms with Crippen molar-refractivity contribution in [1.82, 2.24) is 0 Å². The fourth-order valence-electron chi connectivity index (χ4n) is 2.65. The lowest BCUT2D eigenvalue weighted by atomic mass is 10.0. The summed E-state index contributed by atoms with van der Waals surface area (Å²) in [6.07, 6.45) is 5.96. The van der Waals surface area contributed by atoms with Crippen LogP contribution in [0.15, 0.2) is 53.8 Å². The Morgan fingerprint density at radius 3 is 2.31 bits per heavy atom. The maximum atomic E-state index is 12.4. The van der Waals surface area contributed by atoms with Gasteiger partial charge in [0.2, 0.25) is 0 Å². The number of phenols is 2. The number of aliphatic hydroxyl groups is 1. The molecule has 0 saturated carbocycles. The fraction of sp³-hybridized carbons (Fsp3) is 0.174. The molecule has 0 heterocycles. The van der Waals surface area contributed by atoms with Gasteiger partial charge in [0.15, 0.2) is 28.8 Å². The van der Waals surface area contributed by atoms with Crippen LogP contribution < -0.4 is 9.47 Å². The summed E-state index contributed by atoms with van der Waals surface area (Å²) < 4.78 is 10.2. The van der Waals surface area contributed by atoms with Crippen molar-refractivity contribution in [1.29, 1.82) is 0 Å². The Hall–Kier alpha value is -3.67. The van der Waals surface area contributed by atoms with E-state index in [1.807, 2.05) is 0 Å². The Bertz CT molecular complexity index is 999. The number of aliphatic hydroxyl groups excluding tert-OH is 1. The largest absolute Gasteiger partial charge is 0.508 e. The minimum absolute atomic E-state index is 0.0158. The van der Waals surface area contributed by atoms with Crippen LogP contribution in [-0.4, -0.2) is 35.3 Å². The third-order valence-electron chi connectivity index (χ3n) is 4.44. The Morgan fingerprint density at radius 2 is 1.66 bits per heavy atom. The second kappa shape index (κ2) is 9.50. The van der Waals surface area contributed by atoms with Crippen molar-refractivity contribution in [2.24, 2.45) is 0 Å². The first-order chi connectivity index (χ1) is 13.8. The zero-order valence-corrected chi connectivity index (χ0v) is 16.8. The number of phenolic OH excluding ortho intramolecular Hbond substituents is 2. The number of ether oxygens (including phenoxy) is 2. The quantitative estimate of drug-likeness (QED) is 0.361. The van der Waals surface area contributed by atoms with Crippen LogP contribution in [0.1, 0.15) is 23.6 Å². The lowest BCUT2D eigenvalue weighted by molar-refractivity contribution is -0.111. The van der Waals surface area contributed by atoms with Crippen molar-refractivity contribution in [3.8, 4) is 23.0 Å². The number of ketones is 1. The SMILES string of the molecule is COc1cc(/C=C/C(O)=C(C)C(=O)/C=C/c2ccc(O)c(OC)c2C)ccc1O. The van der Waals surface area contributed by atoms with Gasteiger partial charge in [0.05, 0.1) is 14.2 Å². The number of aromatic hydroxyl groups is 2. The Balaban J connectivity index is 2.20. The molecule has 152 valence electrons. The van der Waals surface area contributed by atoms with Crippen molar-refractivity contribution in [3.05, 3.63) is 70.5 Å². The van der Waals surface area contributed by atoms with Crippen LogP contribution in [0.5, 0.6) is 23.0 Å². The average molecular weight is 396 g/mol. The van der Waals surface area contributed by atoms with Gasteiger partial charge in [0.25, 0.3) is 0 Å². The fourth-order valence-corrected chi connectivity index (χ4v) is 2.65. The van der Waals surface area contributed by atoms with Gasteiger partial charge in [-0.2, -0.15) is 0 Å². The summed E-state index contributed by atoms with van der Waals surface area (Å²) in [7, 11) is 2.90. The van der Waals surface area contributed by atoms with E-state index >= 15 is 0 Å². The molecule has 29 heavy (non-hydrogen) atoms. The molecule has 0 fully saturated rings. The number of rotatable bonds is 7. The highest BCUT2D eigenvalue weighted by Gasteiger charge is 2.10. The van der Waals surface area contributed by atoms with Crippen molar-refractivity contribution >= 4 is 17.9 Å². The van der Waals surface area contributed by atoms with Gasteiger partial charge in [0, 0.05) is 11.1 Å². The Morgan fingerprint density at radius 1 is 0.966 bits per heavy atom. The summed E-state index contributed by atoms with van der Waals surface area (Å²) in [4.78, 5) is 12.4. The smallest absolute Gasteiger partial charge is 0.185 e. The predicted molar refractivity (Wildman–Crippen MR) is 112 cm³/mol. The number of allylic oxidation sites excluding steroid dienone is 3. The molecule has 6 nitrogen and oxygen atoms in total. The summed E-state index contributed by atoms with van der Waals surface area (Å²) >= 11 is 0. The summed E-state index contributed by atoms with van der Waals surface area (Å²) in [6, 6.07) is 7.91. The molecule has 0 unspecified atom stereocenters. The molecule has 0 saturated heterocycles. The van der Waals surface area contributed by atoms with Gasteiger partial charge in [0.1, 0.15) is 5.76 Å². The first-order valence-electron chi connectivity index (χ1n) is 8.82. The molecule has 0 aliphatic rings. The standard InChI is InChI=1S/C23H24O6/c1-14-17(8-12-21(27)23(14)29-4)7-11-19(25)15(2)18(24)9-5-16-6-10-20(26)22(13-16)28-3/h5-13,24,26-27H,1-4H3/b9-5+,11-7+,18-15?. The average Bonchev–Trinajstić information content (AvgIpc) is 2.71. The van der Waals surface area contributed by atoms with Gasteiger partial charge in [-0.05, 0) is 55.3 Å². The third-order valence-corrected chi connectivity index (χ3v) is 4.44. The summed E-state index contributed by atoms with van der Waals surface area (Å²) in [6.45, 7) is 3.30. The predicted octanol–water partition coefficient (Wildman–Crippen LogP) is 4.55. The van der Waals surface area contributed by atoms with Crippen molar-refractivity contribution in [2.45, 2.75) is 13.8 Å². The van der Waals surface area contributed by atoms with Gasteiger partial charge in [-0.3, -0.25) is 4.79 Å². The Labute approximate surface area is 169 Å². The van der Waals surface area contributed by atoms with Crippen LogP contribution in [0.3, 0.4) is 0 Å². The van der Waals surface area contributed by atoms with Crippen molar-refractivity contribution in [2.75, 3.05) is 14.2 Å². The van der Waals surface area contributed by atoms with E-state index in [0.717, 1.165) is 0 Å². The minimum atomic E-state index is -0.359. The minimum Gasteiger partial charge on any atom is -0.508 e. The summed E-state index contributed by atoms with van der Waals surface area (Å²) in [5.41, 5.74) is 2.27. The van der Waals surface area contributed by atoms with Gasteiger partial charge in [-0.15, -0.1) is 0 Å². The van der Waals surface area contributed by atoms with Gasteiger partial charge < -0.3 is 24.8 Å². The zero-order valence-electron chi connectivity index (χ0n) is 16.8. The first-order valence-corrected chi connectivity index (χ1v) is 8.82. The molecule has 0 amide bonds. The van der Waals surface area contributed by atoms with E-state index in [1.54, 1.807) is 37.3 Å². The summed E-state index contributed by atoms with van der Waals surface area (Å²) in [5, 5.41) is 29.6. The molecule has 2 aromatic carbocycles. The topological polar surface area (TPSA) is 96.2 Å². The molecule has 6 heteroatoms. The number of hydrogen-bond donors (Lipinski definition) is 3. The van der Waals surface area contributed by atoms with Crippen LogP contribution in [0, 0.1) is 6.92 Å². The maximum absolute atomic E-state index is 12.4. The molecule has 0 radical (unpaired) electrons. The molecule has 0 atom stereocenters. The molecule has 3 N–H and O–H groups in total. The van der Waals surface area contributed by atoms with E-state index in [-0.39, 0.29) is 28.6 Å². The molecule has 0 aliphatic heterocycles.